The normalized spacial score (nSPS) is 11.6. The van der Waals surface area contributed by atoms with Gasteiger partial charge < -0.3 is 14.6 Å². The lowest BCUT2D eigenvalue weighted by molar-refractivity contribution is -0.131. The largest absolute Gasteiger partial charge is 0.493 e. The van der Waals surface area contributed by atoms with E-state index in [2.05, 4.69) is 0 Å². The van der Waals surface area contributed by atoms with Crippen molar-refractivity contribution in [2.24, 2.45) is 0 Å². The smallest absolute Gasteiger partial charge is 0.328 e. The fourth-order valence-electron chi connectivity index (χ4n) is 1.60. The van der Waals surface area contributed by atoms with Crippen LogP contribution in [0.5, 0.6) is 11.5 Å². The molecule has 19 heavy (non-hydrogen) atoms. The Bertz CT molecular complexity index is 501. The molecule has 0 fully saturated rings. The number of carboxylic acids is 1. The summed E-state index contributed by atoms with van der Waals surface area (Å²) in [5.74, 6) is 0.361. The summed E-state index contributed by atoms with van der Waals surface area (Å²) >= 11 is 0. The summed E-state index contributed by atoms with van der Waals surface area (Å²) in [6, 6.07) is 5.56. The van der Waals surface area contributed by atoms with E-state index >= 15 is 0 Å². The Kier molecular flexibility index (Phi) is 5.67. The lowest BCUT2D eigenvalue weighted by Crippen LogP contribution is -1.91. The van der Waals surface area contributed by atoms with Crippen molar-refractivity contribution in [2.45, 2.75) is 13.3 Å². The number of rotatable bonds is 6. The molecule has 4 heteroatoms. The van der Waals surface area contributed by atoms with Crippen LogP contribution in [-0.2, 0) is 4.79 Å². The van der Waals surface area contributed by atoms with Crippen molar-refractivity contribution in [3.05, 3.63) is 41.5 Å². The highest BCUT2D eigenvalue weighted by Crippen LogP contribution is 2.28. The standard InChI is InChI=1S/C15H18O4/c1-4-11(6-8-15(16)17)9-12-5-7-13(18-2)14(10-12)19-3/h5-10H,4H2,1-3H3,(H,16,17)/b8-6+,11-9+. The molecule has 0 aromatic heterocycles. The van der Waals surface area contributed by atoms with Crippen LogP contribution >= 0.6 is 0 Å². The first-order valence-corrected chi connectivity index (χ1v) is 5.94. The number of carboxylic acid groups (broad SMARTS) is 1. The lowest BCUT2D eigenvalue weighted by Gasteiger charge is -2.08. The van der Waals surface area contributed by atoms with Gasteiger partial charge in [-0.05, 0) is 29.7 Å². The second-order valence-corrected chi connectivity index (χ2v) is 3.86. The Labute approximate surface area is 113 Å². The molecule has 0 bridgehead atoms. The van der Waals surface area contributed by atoms with Gasteiger partial charge in [-0.15, -0.1) is 0 Å². The molecular weight excluding hydrogens is 244 g/mol. The third-order valence-corrected chi connectivity index (χ3v) is 2.61. The van der Waals surface area contributed by atoms with Crippen LogP contribution in [0.25, 0.3) is 6.08 Å². The van der Waals surface area contributed by atoms with Crippen LogP contribution in [0, 0.1) is 0 Å². The summed E-state index contributed by atoms with van der Waals surface area (Å²) in [6.07, 6.45) is 5.40. The molecule has 0 saturated heterocycles. The number of benzene rings is 1. The third kappa shape index (κ3) is 4.50. The molecule has 0 aliphatic rings. The summed E-state index contributed by atoms with van der Waals surface area (Å²) in [5.41, 5.74) is 1.86. The van der Waals surface area contributed by atoms with E-state index in [1.54, 1.807) is 20.3 Å². The summed E-state index contributed by atoms with van der Waals surface area (Å²) in [7, 11) is 3.16. The van der Waals surface area contributed by atoms with Gasteiger partial charge in [-0.1, -0.05) is 25.1 Å². The van der Waals surface area contributed by atoms with Crippen LogP contribution < -0.4 is 9.47 Å². The Morgan fingerprint density at radius 2 is 1.89 bits per heavy atom. The second kappa shape index (κ2) is 7.26. The van der Waals surface area contributed by atoms with Gasteiger partial charge in [-0.2, -0.15) is 0 Å². The fourth-order valence-corrected chi connectivity index (χ4v) is 1.60. The molecule has 1 aromatic rings. The highest BCUT2D eigenvalue weighted by molar-refractivity contribution is 5.80. The van der Waals surface area contributed by atoms with Gasteiger partial charge in [-0.3, -0.25) is 0 Å². The molecule has 1 rings (SSSR count). The Hall–Kier alpha value is -2.23. The summed E-state index contributed by atoms with van der Waals surface area (Å²) in [6.45, 7) is 1.97. The molecule has 0 aliphatic heterocycles. The minimum atomic E-state index is -0.952. The van der Waals surface area contributed by atoms with Gasteiger partial charge in [0.05, 0.1) is 14.2 Å². The number of carbonyl (C=O) groups is 1. The summed E-state index contributed by atoms with van der Waals surface area (Å²) in [5, 5.41) is 8.62. The zero-order valence-corrected chi connectivity index (χ0v) is 11.3. The Balaban J connectivity index is 3.05. The van der Waals surface area contributed by atoms with E-state index in [9.17, 15) is 4.79 Å². The SMILES string of the molecule is CCC(/C=C/C(=O)O)=C\c1ccc(OC)c(OC)c1. The van der Waals surface area contributed by atoms with Crippen molar-refractivity contribution in [1.82, 2.24) is 0 Å². The van der Waals surface area contributed by atoms with Crippen LogP contribution in [0.4, 0.5) is 0 Å². The van der Waals surface area contributed by atoms with Gasteiger partial charge in [0.2, 0.25) is 0 Å². The topological polar surface area (TPSA) is 55.8 Å². The van der Waals surface area contributed by atoms with E-state index < -0.39 is 5.97 Å². The maximum Gasteiger partial charge on any atom is 0.328 e. The van der Waals surface area contributed by atoms with Crippen LogP contribution in [0.3, 0.4) is 0 Å². The third-order valence-electron chi connectivity index (χ3n) is 2.61. The van der Waals surface area contributed by atoms with E-state index in [0.29, 0.717) is 11.5 Å². The van der Waals surface area contributed by atoms with E-state index in [1.807, 2.05) is 31.2 Å². The number of hydrogen-bond donors (Lipinski definition) is 1. The zero-order valence-electron chi connectivity index (χ0n) is 11.3. The van der Waals surface area contributed by atoms with E-state index in [-0.39, 0.29) is 0 Å². The van der Waals surface area contributed by atoms with Gasteiger partial charge in [0.1, 0.15) is 0 Å². The van der Waals surface area contributed by atoms with E-state index in [1.165, 1.54) is 0 Å². The van der Waals surface area contributed by atoms with Crippen molar-refractivity contribution in [3.8, 4) is 11.5 Å². The van der Waals surface area contributed by atoms with Crippen molar-refractivity contribution in [3.63, 3.8) is 0 Å². The molecule has 0 radical (unpaired) electrons. The summed E-state index contributed by atoms with van der Waals surface area (Å²) < 4.78 is 10.4. The fraction of sp³-hybridized carbons (Fsp3) is 0.267. The summed E-state index contributed by atoms with van der Waals surface area (Å²) in [4.78, 5) is 10.5. The minimum Gasteiger partial charge on any atom is -0.493 e. The molecule has 4 nitrogen and oxygen atoms in total. The monoisotopic (exact) mass is 262 g/mol. The van der Waals surface area contributed by atoms with Crippen LogP contribution in [0.1, 0.15) is 18.9 Å². The molecule has 0 amide bonds. The van der Waals surface area contributed by atoms with Crippen molar-refractivity contribution < 1.29 is 19.4 Å². The quantitative estimate of drug-likeness (QED) is 0.632. The first-order valence-electron chi connectivity index (χ1n) is 5.94. The minimum absolute atomic E-state index is 0.647. The van der Waals surface area contributed by atoms with Gasteiger partial charge in [0.25, 0.3) is 0 Å². The van der Waals surface area contributed by atoms with Crippen molar-refractivity contribution in [1.29, 1.82) is 0 Å². The first-order chi connectivity index (χ1) is 9.10. The van der Waals surface area contributed by atoms with Crippen LogP contribution in [-0.4, -0.2) is 25.3 Å². The van der Waals surface area contributed by atoms with Gasteiger partial charge in [-0.25, -0.2) is 4.79 Å². The molecule has 0 saturated carbocycles. The number of hydrogen-bond acceptors (Lipinski definition) is 3. The molecule has 102 valence electrons. The maximum atomic E-state index is 10.5. The molecule has 1 N–H and O–H groups in total. The lowest BCUT2D eigenvalue weighted by atomic mass is 10.1. The molecule has 0 spiro atoms. The Morgan fingerprint density at radius 3 is 2.42 bits per heavy atom. The molecule has 0 atom stereocenters. The molecule has 0 unspecified atom stereocenters. The van der Waals surface area contributed by atoms with Crippen LogP contribution in [0.2, 0.25) is 0 Å². The predicted molar refractivity (Wildman–Crippen MR) is 74.6 cm³/mol. The number of allylic oxidation sites excluding steroid dienone is 2. The van der Waals surface area contributed by atoms with Crippen molar-refractivity contribution >= 4 is 12.0 Å². The van der Waals surface area contributed by atoms with Crippen LogP contribution in [0.15, 0.2) is 35.9 Å². The molecule has 0 heterocycles. The highest BCUT2D eigenvalue weighted by Gasteiger charge is 2.03. The average molecular weight is 262 g/mol. The van der Waals surface area contributed by atoms with E-state index in [4.69, 9.17) is 14.6 Å². The molecular formula is C15H18O4. The van der Waals surface area contributed by atoms with Gasteiger partial charge in [0, 0.05) is 6.08 Å². The Morgan fingerprint density at radius 1 is 1.21 bits per heavy atom. The van der Waals surface area contributed by atoms with Gasteiger partial charge in [0.15, 0.2) is 11.5 Å². The predicted octanol–water partition coefficient (Wildman–Crippen LogP) is 3.14. The molecule has 0 aliphatic carbocycles. The van der Waals surface area contributed by atoms with Crippen molar-refractivity contribution in [2.75, 3.05) is 14.2 Å². The second-order valence-electron chi connectivity index (χ2n) is 3.86. The zero-order chi connectivity index (χ0) is 14.3. The number of aliphatic carboxylic acids is 1. The molecule has 1 aromatic carbocycles. The number of ether oxygens (including phenoxy) is 2. The van der Waals surface area contributed by atoms with Gasteiger partial charge >= 0.3 is 5.97 Å². The highest BCUT2D eigenvalue weighted by atomic mass is 16.5. The van der Waals surface area contributed by atoms with E-state index in [0.717, 1.165) is 23.6 Å². The first kappa shape index (κ1) is 14.8. The number of methoxy groups -OCH3 is 2. The maximum absolute atomic E-state index is 10.5. The average Bonchev–Trinajstić information content (AvgIpc) is 2.42.